The van der Waals surface area contributed by atoms with Crippen LogP contribution in [0.2, 0.25) is 0 Å². The first-order chi connectivity index (χ1) is 9.19. The summed E-state index contributed by atoms with van der Waals surface area (Å²) >= 11 is 0. The van der Waals surface area contributed by atoms with E-state index in [1.54, 1.807) is 12.1 Å². The molecule has 7 nitrogen and oxygen atoms in total. The van der Waals surface area contributed by atoms with Gasteiger partial charge in [-0.05, 0) is 18.6 Å². The highest BCUT2D eigenvalue weighted by atomic mass is 16.2. The molecule has 19 heavy (non-hydrogen) atoms. The second-order valence-corrected chi connectivity index (χ2v) is 4.41. The van der Waals surface area contributed by atoms with E-state index in [0.29, 0.717) is 18.8 Å². The minimum atomic E-state index is -0.309. The van der Waals surface area contributed by atoms with Gasteiger partial charge in [-0.2, -0.15) is 0 Å². The SMILES string of the molecule is CCCNc1ccc(C(=O)NC2CNC(=O)C2)nn1. The third-order valence-electron chi connectivity index (χ3n) is 2.77. The third-order valence-corrected chi connectivity index (χ3v) is 2.77. The number of anilines is 1. The zero-order valence-corrected chi connectivity index (χ0v) is 10.8. The summed E-state index contributed by atoms with van der Waals surface area (Å²) < 4.78 is 0. The molecule has 2 heterocycles. The molecule has 0 saturated carbocycles. The van der Waals surface area contributed by atoms with Crippen molar-refractivity contribution < 1.29 is 9.59 Å². The molecule has 0 bridgehead atoms. The molecule has 1 aromatic rings. The van der Waals surface area contributed by atoms with E-state index < -0.39 is 0 Å². The molecule has 1 atom stereocenters. The van der Waals surface area contributed by atoms with E-state index in [9.17, 15) is 9.59 Å². The fourth-order valence-corrected chi connectivity index (χ4v) is 1.77. The van der Waals surface area contributed by atoms with Gasteiger partial charge in [0.1, 0.15) is 5.82 Å². The lowest BCUT2D eigenvalue weighted by Gasteiger charge is -2.09. The number of aromatic nitrogens is 2. The lowest BCUT2D eigenvalue weighted by molar-refractivity contribution is -0.119. The summed E-state index contributed by atoms with van der Waals surface area (Å²) in [4.78, 5) is 22.9. The van der Waals surface area contributed by atoms with Crippen LogP contribution in [-0.2, 0) is 4.79 Å². The van der Waals surface area contributed by atoms with E-state index in [4.69, 9.17) is 0 Å². The van der Waals surface area contributed by atoms with Crippen molar-refractivity contribution in [3.05, 3.63) is 17.8 Å². The summed E-state index contributed by atoms with van der Waals surface area (Å²) in [5.74, 6) is 0.294. The van der Waals surface area contributed by atoms with E-state index in [1.165, 1.54) is 0 Å². The van der Waals surface area contributed by atoms with Gasteiger partial charge in [0, 0.05) is 19.5 Å². The minimum Gasteiger partial charge on any atom is -0.369 e. The van der Waals surface area contributed by atoms with E-state index in [0.717, 1.165) is 13.0 Å². The number of carbonyl (C=O) groups is 2. The summed E-state index contributed by atoms with van der Waals surface area (Å²) in [5, 5.41) is 16.3. The van der Waals surface area contributed by atoms with Gasteiger partial charge in [0.15, 0.2) is 5.69 Å². The van der Waals surface area contributed by atoms with Crippen molar-refractivity contribution in [3.63, 3.8) is 0 Å². The molecule has 3 N–H and O–H groups in total. The van der Waals surface area contributed by atoms with E-state index in [1.807, 2.05) is 0 Å². The van der Waals surface area contributed by atoms with Crippen molar-refractivity contribution in [3.8, 4) is 0 Å². The smallest absolute Gasteiger partial charge is 0.272 e. The van der Waals surface area contributed by atoms with Crippen LogP contribution in [0.1, 0.15) is 30.3 Å². The molecule has 7 heteroatoms. The number of hydrogen-bond donors (Lipinski definition) is 3. The van der Waals surface area contributed by atoms with E-state index in [2.05, 4.69) is 33.1 Å². The van der Waals surface area contributed by atoms with Crippen LogP contribution in [0.15, 0.2) is 12.1 Å². The number of nitrogens with zero attached hydrogens (tertiary/aromatic N) is 2. The first-order valence-electron chi connectivity index (χ1n) is 6.34. The number of hydrogen-bond acceptors (Lipinski definition) is 5. The molecule has 0 spiro atoms. The van der Waals surface area contributed by atoms with Gasteiger partial charge in [0.05, 0.1) is 6.04 Å². The maximum Gasteiger partial charge on any atom is 0.272 e. The van der Waals surface area contributed by atoms with E-state index in [-0.39, 0.29) is 23.6 Å². The first-order valence-corrected chi connectivity index (χ1v) is 6.34. The normalized spacial score (nSPS) is 17.9. The average molecular weight is 263 g/mol. The fraction of sp³-hybridized carbons (Fsp3) is 0.500. The van der Waals surface area contributed by atoms with Gasteiger partial charge in [-0.25, -0.2) is 0 Å². The highest BCUT2D eigenvalue weighted by Crippen LogP contribution is 2.04. The highest BCUT2D eigenvalue weighted by Gasteiger charge is 2.23. The minimum absolute atomic E-state index is 0.0458. The Balaban J connectivity index is 1.90. The molecule has 1 saturated heterocycles. The van der Waals surface area contributed by atoms with Crippen LogP contribution >= 0.6 is 0 Å². The molecule has 0 aromatic carbocycles. The molecule has 1 unspecified atom stereocenters. The van der Waals surface area contributed by atoms with Gasteiger partial charge in [-0.1, -0.05) is 6.92 Å². The predicted molar refractivity (Wildman–Crippen MR) is 69.7 cm³/mol. The van der Waals surface area contributed by atoms with Crippen molar-refractivity contribution in [2.24, 2.45) is 0 Å². The molecule has 1 aromatic heterocycles. The van der Waals surface area contributed by atoms with Crippen LogP contribution in [0.25, 0.3) is 0 Å². The van der Waals surface area contributed by atoms with Gasteiger partial charge < -0.3 is 16.0 Å². The zero-order valence-electron chi connectivity index (χ0n) is 10.8. The summed E-state index contributed by atoms with van der Waals surface area (Å²) in [6, 6.07) is 3.17. The number of nitrogens with one attached hydrogen (secondary N) is 3. The van der Waals surface area contributed by atoms with Crippen molar-refractivity contribution in [1.29, 1.82) is 0 Å². The Labute approximate surface area is 111 Å². The second-order valence-electron chi connectivity index (χ2n) is 4.41. The molecule has 1 fully saturated rings. The van der Waals surface area contributed by atoms with Crippen LogP contribution in [0, 0.1) is 0 Å². The van der Waals surface area contributed by atoms with Gasteiger partial charge in [0.25, 0.3) is 5.91 Å². The van der Waals surface area contributed by atoms with Gasteiger partial charge in [-0.3, -0.25) is 9.59 Å². The van der Waals surface area contributed by atoms with Gasteiger partial charge >= 0.3 is 0 Å². The van der Waals surface area contributed by atoms with Crippen LogP contribution in [0.3, 0.4) is 0 Å². The summed E-state index contributed by atoms with van der Waals surface area (Å²) in [5.41, 5.74) is 0.251. The molecule has 2 rings (SSSR count). The Morgan fingerprint density at radius 3 is 2.89 bits per heavy atom. The Morgan fingerprint density at radius 2 is 2.32 bits per heavy atom. The Morgan fingerprint density at radius 1 is 1.47 bits per heavy atom. The predicted octanol–water partition coefficient (Wildman–Crippen LogP) is -0.0832. The molecular formula is C12H17N5O2. The van der Waals surface area contributed by atoms with Crippen molar-refractivity contribution >= 4 is 17.6 Å². The summed E-state index contributed by atoms with van der Waals surface area (Å²) in [7, 11) is 0. The lowest BCUT2D eigenvalue weighted by atomic mass is 10.2. The molecule has 2 amide bonds. The van der Waals surface area contributed by atoms with Gasteiger partial charge in [0.2, 0.25) is 5.91 Å². The van der Waals surface area contributed by atoms with Crippen molar-refractivity contribution in [2.75, 3.05) is 18.4 Å². The largest absolute Gasteiger partial charge is 0.369 e. The number of amides is 2. The summed E-state index contributed by atoms with van der Waals surface area (Å²) in [6.45, 7) is 3.34. The van der Waals surface area contributed by atoms with Crippen LogP contribution in [-0.4, -0.2) is 41.1 Å². The quantitative estimate of drug-likeness (QED) is 0.690. The Bertz CT molecular complexity index is 460. The highest BCUT2D eigenvalue weighted by molar-refractivity contribution is 5.93. The molecule has 1 aliphatic rings. The van der Waals surface area contributed by atoms with Crippen LogP contribution < -0.4 is 16.0 Å². The topological polar surface area (TPSA) is 96.0 Å². The van der Waals surface area contributed by atoms with Crippen molar-refractivity contribution in [2.45, 2.75) is 25.8 Å². The molecular weight excluding hydrogens is 246 g/mol. The third kappa shape index (κ3) is 3.64. The fourth-order valence-electron chi connectivity index (χ4n) is 1.77. The Kier molecular flexibility index (Phi) is 4.27. The van der Waals surface area contributed by atoms with Crippen molar-refractivity contribution in [1.82, 2.24) is 20.8 Å². The summed E-state index contributed by atoms with van der Waals surface area (Å²) in [6.07, 6.45) is 1.31. The second kappa shape index (κ2) is 6.12. The molecule has 0 aliphatic carbocycles. The monoisotopic (exact) mass is 263 g/mol. The maximum atomic E-state index is 11.9. The zero-order chi connectivity index (χ0) is 13.7. The lowest BCUT2D eigenvalue weighted by Crippen LogP contribution is -2.36. The average Bonchev–Trinajstić information content (AvgIpc) is 2.82. The van der Waals surface area contributed by atoms with Gasteiger partial charge in [-0.15, -0.1) is 10.2 Å². The van der Waals surface area contributed by atoms with Crippen LogP contribution in [0.5, 0.6) is 0 Å². The number of rotatable bonds is 5. The first kappa shape index (κ1) is 13.3. The standard InChI is InChI=1S/C12H17N5O2/c1-2-5-13-10-4-3-9(16-17-10)12(19)15-8-6-11(18)14-7-8/h3-4,8H,2,5-7H2,1H3,(H,13,17)(H,14,18)(H,15,19). The van der Waals surface area contributed by atoms with Crippen LogP contribution in [0.4, 0.5) is 5.82 Å². The molecule has 102 valence electrons. The van der Waals surface area contributed by atoms with E-state index >= 15 is 0 Å². The Hall–Kier alpha value is -2.18. The maximum absolute atomic E-state index is 11.9. The molecule has 1 aliphatic heterocycles. The molecule has 0 radical (unpaired) electrons. The number of carbonyl (C=O) groups excluding carboxylic acids is 2.